The Labute approximate surface area is 137 Å². The maximum absolute atomic E-state index is 12.5. The van der Waals surface area contributed by atoms with Crippen LogP contribution in [0.3, 0.4) is 0 Å². The van der Waals surface area contributed by atoms with Crippen molar-refractivity contribution in [3.8, 4) is 0 Å². The van der Waals surface area contributed by atoms with Gasteiger partial charge in [-0.15, -0.1) is 0 Å². The second-order valence-electron chi connectivity index (χ2n) is 6.45. The number of morpholine rings is 1. The number of hydrogen-bond acceptors (Lipinski definition) is 3. The molecule has 23 heavy (non-hydrogen) atoms. The number of hydrogen-bond donors (Lipinski definition) is 1. The molecule has 124 valence electrons. The van der Waals surface area contributed by atoms with Crippen LogP contribution >= 0.6 is 0 Å². The number of amides is 2. The van der Waals surface area contributed by atoms with E-state index in [1.54, 1.807) is 0 Å². The van der Waals surface area contributed by atoms with Crippen molar-refractivity contribution in [3.05, 3.63) is 35.4 Å². The molecule has 0 spiro atoms. The van der Waals surface area contributed by atoms with Crippen molar-refractivity contribution in [1.29, 1.82) is 0 Å². The Balaban J connectivity index is 1.50. The van der Waals surface area contributed by atoms with Crippen LogP contribution in [0.15, 0.2) is 24.3 Å². The number of benzene rings is 1. The Hall–Kier alpha value is -1.88. The van der Waals surface area contributed by atoms with Crippen molar-refractivity contribution >= 4 is 11.8 Å². The first-order valence-electron chi connectivity index (χ1n) is 8.33. The summed E-state index contributed by atoms with van der Waals surface area (Å²) in [5.74, 6) is 0.145. The van der Waals surface area contributed by atoms with Gasteiger partial charge in [-0.25, -0.2) is 0 Å². The van der Waals surface area contributed by atoms with Crippen LogP contribution in [0.25, 0.3) is 0 Å². The summed E-state index contributed by atoms with van der Waals surface area (Å²) in [5, 5.41) is 2.96. The van der Waals surface area contributed by atoms with E-state index in [9.17, 15) is 9.59 Å². The summed E-state index contributed by atoms with van der Waals surface area (Å²) in [6.45, 7) is 4.96. The van der Waals surface area contributed by atoms with Crippen molar-refractivity contribution in [1.82, 2.24) is 10.2 Å². The molecule has 0 bridgehead atoms. The molecule has 2 fully saturated rings. The molecule has 2 aliphatic rings. The number of ether oxygens (including phenoxy) is 1. The number of aryl methyl sites for hydroxylation is 1. The molecule has 3 rings (SSSR count). The van der Waals surface area contributed by atoms with Crippen LogP contribution in [0.2, 0.25) is 0 Å². The fourth-order valence-electron chi connectivity index (χ4n) is 3.14. The van der Waals surface area contributed by atoms with E-state index in [2.05, 4.69) is 11.4 Å². The van der Waals surface area contributed by atoms with Crippen LogP contribution in [0, 0.1) is 6.92 Å². The third-order valence-corrected chi connectivity index (χ3v) is 4.74. The molecular formula is C18H24N2O3. The molecular weight excluding hydrogens is 292 g/mol. The van der Waals surface area contributed by atoms with Crippen molar-refractivity contribution in [2.24, 2.45) is 0 Å². The molecule has 1 aliphatic heterocycles. The largest absolute Gasteiger partial charge is 0.378 e. The van der Waals surface area contributed by atoms with E-state index in [-0.39, 0.29) is 17.2 Å². The predicted octanol–water partition coefficient (Wildman–Crippen LogP) is 1.39. The minimum Gasteiger partial charge on any atom is -0.378 e. The predicted molar refractivity (Wildman–Crippen MR) is 87.1 cm³/mol. The van der Waals surface area contributed by atoms with E-state index in [0.717, 1.165) is 18.4 Å². The van der Waals surface area contributed by atoms with Crippen molar-refractivity contribution in [3.63, 3.8) is 0 Å². The lowest BCUT2D eigenvalue weighted by atomic mass is 9.93. The summed E-state index contributed by atoms with van der Waals surface area (Å²) in [5.41, 5.74) is 1.90. The summed E-state index contributed by atoms with van der Waals surface area (Å²) in [4.78, 5) is 26.4. The van der Waals surface area contributed by atoms with Gasteiger partial charge in [-0.3, -0.25) is 9.59 Å². The average molecular weight is 316 g/mol. The van der Waals surface area contributed by atoms with Gasteiger partial charge in [-0.1, -0.05) is 29.8 Å². The van der Waals surface area contributed by atoms with Gasteiger partial charge >= 0.3 is 0 Å². The van der Waals surface area contributed by atoms with Crippen molar-refractivity contribution in [2.45, 2.75) is 31.6 Å². The summed E-state index contributed by atoms with van der Waals surface area (Å²) >= 11 is 0. The first-order valence-corrected chi connectivity index (χ1v) is 8.33. The molecule has 0 unspecified atom stereocenters. The molecule has 1 saturated heterocycles. The Kier molecular flexibility index (Phi) is 4.66. The normalized spacial score (nSPS) is 19.3. The van der Waals surface area contributed by atoms with Crippen LogP contribution in [0.5, 0.6) is 0 Å². The minimum atomic E-state index is -0.367. The van der Waals surface area contributed by atoms with Crippen LogP contribution in [-0.4, -0.2) is 49.6 Å². The highest BCUT2D eigenvalue weighted by molar-refractivity contribution is 5.91. The second-order valence-corrected chi connectivity index (χ2v) is 6.45. The van der Waals surface area contributed by atoms with Gasteiger partial charge in [0.2, 0.25) is 11.8 Å². The third kappa shape index (κ3) is 3.55. The zero-order valence-corrected chi connectivity index (χ0v) is 13.6. The van der Waals surface area contributed by atoms with E-state index in [1.165, 1.54) is 5.56 Å². The van der Waals surface area contributed by atoms with E-state index < -0.39 is 0 Å². The number of nitrogens with one attached hydrogen (secondary N) is 1. The second kappa shape index (κ2) is 6.71. The standard InChI is InChI=1S/C18H24N2O3/c1-14-3-2-4-15(13-14)18(6-7-18)17(22)19-8-5-16(21)20-9-11-23-12-10-20/h2-4,13H,5-12H2,1H3,(H,19,22). The highest BCUT2D eigenvalue weighted by Crippen LogP contribution is 2.48. The molecule has 1 aliphatic carbocycles. The van der Waals surface area contributed by atoms with Gasteiger partial charge in [-0.2, -0.15) is 0 Å². The quantitative estimate of drug-likeness (QED) is 0.893. The molecule has 2 amide bonds. The summed E-state index contributed by atoms with van der Waals surface area (Å²) < 4.78 is 5.24. The molecule has 5 nitrogen and oxygen atoms in total. The number of carbonyl (C=O) groups excluding carboxylic acids is 2. The lowest BCUT2D eigenvalue weighted by molar-refractivity contribution is -0.135. The van der Waals surface area contributed by atoms with Gasteiger partial charge in [0.1, 0.15) is 0 Å². The van der Waals surface area contributed by atoms with E-state index in [1.807, 2.05) is 30.0 Å². The maximum Gasteiger partial charge on any atom is 0.230 e. The average Bonchev–Trinajstić information content (AvgIpc) is 3.37. The smallest absolute Gasteiger partial charge is 0.230 e. The molecule has 1 N–H and O–H groups in total. The van der Waals surface area contributed by atoms with Crippen LogP contribution in [0.1, 0.15) is 30.4 Å². The van der Waals surface area contributed by atoms with Gasteiger partial charge in [0, 0.05) is 26.1 Å². The van der Waals surface area contributed by atoms with Gasteiger partial charge in [0.15, 0.2) is 0 Å². The highest BCUT2D eigenvalue weighted by atomic mass is 16.5. The van der Waals surface area contributed by atoms with Gasteiger partial charge < -0.3 is 15.0 Å². The number of rotatable bonds is 5. The topological polar surface area (TPSA) is 58.6 Å². The van der Waals surface area contributed by atoms with E-state index in [4.69, 9.17) is 4.74 Å². The van der Waals surface area contributed by atoms with Gasteiger partial charge in [-0.05, 0) is 25.3 Å². The summed E-state index contributed by atoms with van der Waals surface area (Å²) in [6, 6.07) is 8.16. The fourth-order valence-corrected chi connectivity index (χ4v) is 3.14. The Morgan fingerprint density at radius 3 is 2.65 bits per heavy atom. The van der Waals surface area contributed by atoms with Crippen LogP contribution < -0.4 is 5.32 Å². The monoisotopic (exact) mass is 316 g/mol. The minimum absolute atomic E-state index is 0.0536. The molecule has 5 heteroatoms. The lowest BCUT2D eigenvalue weighted by Crippen LogP contribution is -2.42. The van der Waals surface area contributed by atoms with Crippen LogP contribution in [-0.2, 0) is 19.7 Å². The SMILES string of the molecule is Cc1cccc(C2(C(=O)NCCC(=O)N3CCOCC3)CC2)c1. The first-order chi connectivity index (χ1) is 11.1. The van der Waals surface area contributed by atoms with Gasteiger partial charge in [0.25, 0.3) is 0 Å². The molecule has 0 aromatic heterocycles. The Morgan fingerprint density at radius 2 is 2.00 bits per heavy atom. The van der Waals surface area contributed by atoms with E-state index >= 15 is 0 Å². The first kappa shape index (κ1) is 16.0. The molecule has 1 heterocycles. The zero-order chi connectivity index (χ0) is 16.3. The molecule has 1 aromatic rings. The molecule has 0 radical (unpaired) electrons. The van der Waals surface area contributed by atoms with Crippen molar-refractivity contribution in [2.75, 3.05) is 32.8 Å². The highest BCUT2D eigenvalue weighted by Gasteiger charge is 2.51. The third-order valence-electron chi connectivity index (χ3n) is 4.74. The zero-order valence-electron chi connectivity index (χ0n) is 13.6. The summed E-state index contributed by atoms with van der Waals surface area (Å²) in [7, 11) is 0. The Morgan fingerprint density at radius 1 is 1.26 bits per heavy atom. The Bertz CT molecular complexity index is 590. The lowest BCUT2D eigenvalue weighted by Gasteiger charge is -2.27. The molecule has 1 aromatic carbocycles. The molecule has 0 atom stereocenters. The summed E-state index contributed by atoms with van der Waals surface area (Å²) in [6.07, 6.45) is 2.13. The van der Waals surface area contributed by atoms with Gasteiger partial charge in [0.05, 0.1) is 18.6 Å². The fraction of sp³-hybridized carbons (Fsp3) is 0.556. The number of nitrogens with zero attached hydrogens (tertiary/aromatic N) is 1. The van der Waals surface area contributed by atoms with Crippen molar-refractivity contribution < 1.29 is 14.3 Å². The van der Waals surface area contributed by atoms with E-state index in [0.29, 0.717) is 39.3 Å². The maximum atomic E-state index is 12.5. The molecule has 1 saturated carbocycles. The van der Waals surface area contributed by atoms with Crippen LogP contribution in [0.4, 0.5) is 0 Å². The number of carbonyl (C=O) groups is 2.